The largest absolute Gasteiger partial charge is 0.481 e. The zero-order valence-corrected chi connectivity index (χ0v) is 10.7. The van der Waals surface area contributed by atoms with Gasteiger partial charge in [0.25, 0.3) is 0 Å². The predicted octanol–water partition coefficient (Wildman–Crippen LogP) is 2.02. The molecule has 96 valence electrons. The van der Waals surface area contributed by atoms with Gasteiger partial charge in [-0.15, -0.1) is 0 Å². The predicted molar refractivity (Wildman–Crippen MR) is 67.2 cm³/mol. The van der Waals surface area contributed by atoms with Gasteiger partial charge in [-0.1, -0.05) is 23.7 Å². The smallest absolute Gasteiger partial charge is 0.307 e. The summed E-state index contributed by atoms with van der Waals surface area (Å²) in [6.07, 6.45) is 0.452. The lowest BCUT2D eigenvalue weighted by atomic mass is 10.2. The van der Waals surface area contributed by atoms with Crippen LogP contribution in [-0.4, -0.2) is 28.9 Å². The highest BCUT2D eigenvalue weighted by Gasteiger charge is 2.49. The number of carbonyl (C=O) groups is 2. The molecule has 4 nitrogen and oxygen atoms in total. The van der Waals surface area contributed by atoms with Crippen molar-refractivity contribution >= 4 is 23.5 Å². The summed E-state index contributed by atoms with van der Waals surface area (Å²) in [7, 11) is 1.68. The lowest BCUT2D eigenvalue weighted by Crippen LogP contribution is -2.28. The summed E-state index contributed by atoms with van der Waals surface area (Å²) in [5, 5.41) is 9.42. The normalized spacial score (nSPS) is 21.4. The fourth-order valence-corrected chi connectivity index (χ4v) is 2.22. The molecule has 1 fully saturated rings. The van der Waals surface area contributed by atoms with Crippen molar-refractivity contribution in [2.24, 2.45) is 11.8 Å². The van der Waals surface area contributed by atoms with E-state index in [2.05, 4.69) is 0 Å². The molecule has 1 aliphatic rings. The van der Waals surface area contributed by atoms with Crippen molar-refractivity contribution < 1.29 is 14.7 Å². The molecule has 0 radical (unpaired) electrons. The number of hydrogen-bond acceptors (Lipinski definition) is 2. The maximum atomic E-state index is 11.9. The molecule has 0 saturated heterocycles. The fourth-order valence-electron chi connectivity index (χ4n) is 2.01. The lowest BCUT2D eigenvalue weighted by molar-refractivity contribution is -0.141. The molecule has 2 atom stereocenters. The van der Waals surface area contributed by atoms with Gasteiger partial charge in [-0.3, -0.25) is 9.59 Å². The maximum absolute atomic E-state index is 11.9. The van der Waals surface area contributed by atoms with E-state index < -0.39 is 11.9 Å². The van der Waals surface area contributed by atoms with Crippen LogP contribution < -0.4 is 0 Å². The second kappa shape index (κ2) is 4.98. The molecule has 0 unspecified atom stereocenters. The number of nitrogens with zero attached hydrogens (tertiary/aromatic N) is 1. The third-order valence-corrected chi connectivity index (χ3v) is 3.34. The molecule has 2 rings (SSSR count). The van der Waals surface area contributed by atoms with Gasteiger partial charge in [-0.25, -0.2) is 0 Å². The van der Waals surface area contributed by atoms with E-state index in [0.29, 0.717) is 18.0 Å². The molecule has 0 bridgehead atoms. The Bertz CT molecular complexity index is 489. The Balaban J connectivity index is 1.94. The first-order valence-electron chi connectivity index (χ1n) is 5.71. The van der Waals surface area contributed by atoms with Crippen molar-refractivity contribution in [2.75, 3.05) is 7.05 Å². The molecular weight excluding hydrogens is 254 g/mol. The van der Waals surface area contributed by atoms with Crippen LogP contribution >= 0.6 is 11.6 Å². The minimum atomic E-state index is -0.885. The van der Waals surface area contributed by atoms with Gasteiger partial charge >= 0.3 is 5.97 Å². The molecule has 1 aromatic carbocycles. The van der Waals surface area contributed by atoms with Crippen molar-refractivity contribution in [1.82, 2.24) is 4.90 Å². The Labute approximate surface area is 110 Å². The zero-order valence-electron chi connectivity index (χ0n) is 9.97. The zero-order chi connectivity index (χ0) is 13.3. The number of halogens is 1. The second-order valence-electron chi connectivity index (χ2n) is 4.61. The highest BCUT2D eigenvalue weighted by Crippen LogP contribution is 2.40. The van der Waals surface area contributed by atoms with Crippen molar-refractivity contribution in [3.63, 3.8) is 0 Å². The van der Waals surface area contributed by atoms with Crippen LogP contribution in [0.5, 0.6) is 0 Å². The molecule has 5 heteroatoms. The number of amides is 1. The van der Waals surface area contributed by atoms with Crippen LogP contribution in [0.1, 0.15) is 12.0 Å². The van der Waals surface area contributed by atoms with Crippen LogP contribution in [0, 0.1) is 11.8 Å². The number of carboxylic acid groups (broad SMARTS) is 1. The average molecular weight is 268 g/mol. The molecule has 0 spiro atoms. The first-order chi connectivity index (χ1) is 8.49. The van der Waals surface area contributed by atoms with Crippen LogP contribution in [0.15, 0.2) is 24.3 Å². The Morgan fingerprint density at radius 3 is 2.72 bits per heavy atom. The van der Waals surface area contributed by atoms with E-state index in [0.717, 1.165) is 5.56 Å². The summed E-state index contributed by atoms with van der Waals surface area (Å²) >= 11 is 5.87. The van der Waals surface area contributed by atoms with Gasteiger partial charge in [0.15, 0.2) is 0 Å². The maximum Gasteiger partial charge on any atom is 0.307 e. The average Bonchev–Trinajstić information content (AvgIpc) is 3.07. The standard InChI is InChI=1S/C13H14ClNO3/c1-15(7-8-3-2-4-9(14)5-8)12(16)10-6-11(10)13(17)18/h2-5,10-11H,6-7H2,1H3,(H,17,18)/t10-,11-/m0/s1. The Hall–Kier alpha value is -1.55. The molecule has 0 heterocycles. The van der Waals surface area contributed by atoms with Gasteiger partial charge in [0.1, 0.15) is 0 Å². The van der Waals surface area contributed by atoms with Crippen LogP contribution in [0.25, 0.3) is 0 Å². The van der Waals surface area contributed by atoms with Gasteiger partial charge in [0.2, 0.25) is 5.91 Å². The number of aliphatic carboxylic acids is 1. The lowest BCUT2D eigenvalue weighted by Gasteiger charge is -2.17. The summed E-state index contributed by atoms with van der Waals surface area (Å²) in [5.41, 5.74) is 0.936. The molecule has 1 amide bonds. The Kier molecular flexibility index (Phi) is 3.57. The molecule has 0 aromatic heterocycles. The first-order valence-corrected chi connectivity index (χ1v) is 6.09. The minimum Gasteiger partial charge on any atom is -0.481 e. The summed E-state index contributed by atoms with van der Waals surface area (Å²) in [4.78, 5) is 24.2. The molecule has 18 heavy (non-hydrogen) atoms. The van der Waals surface area contributed by atoms with Crippen LogP contribution in [0.4, 0.5) is 0 Å². The third kappa shape index (κ3) is 2.82. The SMILES string of the molecule is CN(Cc1cccc(Cl)c1)C(=O)[C@H]1C[C@@H]1C(=O)O. The number of carbonyl (C=O) groups excluding carboxylic acids is 1. The number of rotatable bonds is 4. The highest BCUT2D eigenvalue weighted by atomic mass is 35.5. The van der Waals surface area contributed by atoms with Gasteiger partial charge in [0.05, 0.1) is 11.8 Å². The van der Waals surface area contributed by atoms with E-state index in [9.17, 15) is 9.59 Å². The van der Waals surface area contributed by atoms with Gasteiger partial charge in [0, 0.05) is 18.6 Å². The summed E-state index contributed by atoms with van der Waals surface area (Å²) in [6, 6.07) is 7.28. The molecule has 1 saturated carbocycles. The quantitative estimate of drug-likeness (QED) is 0.908. The molecule has 1 aromatic rings. The summed E-state index contributed by atoms with van der Waals surface area (Å²) < 4.78 is 0. The van der Waals surface area contributed by atoms with E-state index in [1.807, 2.05) is 12.1 Å². The van der Waals surface area contributed by atoms with E-state index in [1.54, 1.807) is 24.1 Å². The van der Waals surface area contributed by atoms with Crippen molar-refractivity contribution in [2.45, 2.75) is 13.0 Å². The first kappa shape index (κ1) is 12.9. The second-order valence-corrected chi connectivity index (χ2v) is 5.05. The monoisotopic (exact) mass is 267 g/mol. The molecule has 0 aliphatic heterocycles. The molecule has 1 aliphatic carbocycles. The Morgan fingerprint density at radius 2 is 2.17 bits per heavy atom. The van der Waals surface area contributed by atoms with Crippen LogP contribution in [0.2, 0.25) is 5.02 Å². The van der Waals surface area contributed by atoms with Crippen molar-refractivity contribution in [3.05, 3.63) is 34.9 Å². The Morgan fingerprint density at radius 1 is 1.44 bits per heavy atom. The fraction of sp³-hybridized carbons (Fsp3) is 0.385. The van der Waals surface area contributed by atoms with E-state index >= 15 is 0 Å². The molecular formula is C13H14ClNO3. The third-order valence-electron chi connectivity index (χ3n) is 3.11. The van der Waals surface area contributed by atoms with Crippen LogP contribution in [0.3, 0.4) is 0 Å². The van der Waals surface area contributed by atoms with Gasteiger partial charge in [-0.2, -0.15) is 0 Å². The summed E-state index contributed by atoms with van der Waals surface area (Å²) in [5.74, 6) is -1.85. The number of benzene rings is 1. The van der Waals surface area contributed by atoms with Crippen LogP contribution in [-0.2, 0) is 16.1 Å². The molecule has 1 N–H and O–H groups in total. The van der Waals surface area contributed by atoms with E-state index in [-0.39, 0.29) is 11.8 Å². The number of carboxylic acids is 1. The van der Waals surface area contributed by atoms with Gasteiger partial charge < -0.3 is 10.0 Å². The minimum absolute atomic E-state index is 0.109. The number of hydrogen-bond donors (Lipinski definition) is 1. The van der Waals surface area contributed by atoms with E-state index in [1.165, 1.54) is 0 Å². The highest BCUT2D eigenvalue weighted by molar-refractivity contribution is 6.30. The van der Waals surface area contributed by atoms with Crippen molar-refractivity contribution in [3.8, 4) is 0 Å². The summed E-state index contributed by atoms with van der Waals surface area (Å²) in [6.45, 7) is 0.447. The van der Waals surface area contributed by atoms with E-state index in [4.69, 9.17) is 16.7 Å². The van der Waals surface area contributed by atoms with Gasteiger partial charge in [-0.05, 0) is 24.1 Å². The topological polar surface area (TPSA) is 57.6 Å². The van der Waals surface area contributed by atoms with Crippen molar-refractivity contribution in [1.29, 1.82) is 0 Å².